The molecule has 0 radical (unpaired) electrons. The lowest BCUT2D eigenvalue weighted by Crippen LogP contribution is -2.61. The molecular formula is C53H110N8O7. The van der Waals surface area contributed by atoms with Gasteiger partial charge in [0.15, 0.2) is 12.4 Å². The van der Waals surface area contributed by atoms with E-state index in [-0.39, 0.29) is 30.6 Å². The molecule has 0 aromatic carbocycles. The molecule has 0 saturated carbocycles. The summed E-state index contributed by atoms with van der Waals surface area (Å²) in [6.07, 6.45) is 30.9. The second-order valence-corrected chi connectivity index (χ2v) is 20.1. The van der Waals surface area contributed by atoms with E-state index in [2.05, 4.69) is 59.6 Å². The Hall–Kier alpha value is -1.50. The molecule has 1 heterocycles. The number of nitrogens with one attached hydrogen (secondary N) is 6. The molecule has 14 N–H and O–H groups in total. The third-order valence-corrected chi connectivity index (χ3v) is 13.7. The van der Waals surface area contributed by atoms with Crippen LogP contribution in [0, 0.1) is 5.92 Å². The molecule has 15 heteroatoms. The molecule has 10 unspecified atom stereocenters. The summed E-state index contributed by atoms with van der Waals surface area (Å²) in [7, 11) is 0. The first-order chi connectivity index (χ1) is 33.0. The van der Waals surface area contributed by atoms with Crippen molar-refractivity contribution in [3.05, 3.63) is 0 Å². The first-order valence-corrected chi connectivity index (χ1v) is 28.4. The summed E-state index contributed by atoms with van der Waals surface area (Å²) in [5, 5.41) is 59.3. The van der Waals surface area contributed by atoms with Crippen LogP contribution in [0.15, 0.2) is 0 Å². The van der Waals surface area contributed by atoms with Crippen LogP contribution in [-0.4, -0.2) is 114 Å². The molecule has 15 nitrogen and oxygen atoms in total. The Bertz CT molecular complexity index is 1160. The Morgan fingerprint density at radius 3 is 1.44 bits per heavy atom. The zero-order chi connectivity index (χ0) is 50.0. The molecular weight excluding hydrogens is 861 g/mol. The maximum absolute atomic E-state index is 12.5. The van der Waals surface area contributed by atoms with Crippen molar-refractivity contribution >= 4 is 11.8 Å². The van der Waals surface area contributed by atoms with Gasteiger partial charge in [0.2, 0.25) is 5.91 Å². The van der Waals surface area contributed by atoms with E-state index in [9.17, 15) is 30.0 Å². The number of rotatable bonds is 48. The average molecular weight is 972 g/mol. The summed E-state index contributed by atoms with van der Waals surface area (Å²) < 4.78 is 4.96. The summed E-state index contributed by atoms with van der Waals surface area (Å²) in [6.45, 7) is 11.8. The van der Waals surface area contributed by atoms with Gasteiger partial charge in [-0.25, -0.2) is 0 Å². The first kappa shape index (κ1) is 64.5. The standard InChI is InChI=1S/C53H110N8O7/c1-5-34-44(56-38-7-3)61-51(55)42(41-59-45(35-6-2)60-43(54)8-4)36-30-27-29-32-39-57-46(62)37-31-26-24-22-20-18-16-14-12-10-9-11-13-15-17-19-21-23-25-28-33-40-58-52(66)50-48(64)47(63)49(65)53(67)68-50/h42-45,47-51,53,56,59-61,63-65,67H,5-41,54-55H2,1-4H3,(H,57,62)(H,58,66). The molecule has 0 aliphatic carbocycles. The van der Waals surface area contributed by atoms with Crippen LogP contribution in [0.3, 0.4) is 0 Å². The quantitative estimate of drug-likeness (QED) is 0.0214. The van der Waals surface area contributed by atoms with Gasteiger partial charge in [-0.1, -0.05) is 182 Å². The Morgan fingerprint density at radius 2 is 0.956 bits per heavy atom. The topological polar surface area (TPSA) is 249 Å². The van der Waals surface area contributed by atoms with Crippen LogP contribution in [0.4, 0.5) is 0 Å². The molecule has 1 fully saturated rings. The lowest BCUT2D eigenvalue weighted by molar-refractivity contribution is -0.275. The number of carbonyl (C=O) groups is 2. The highest BCUT2D eigenvalue weighted by Gasteiger charge is 2.46. The minimum atomic E-state index is -1.71. The molecule has 1 saturated heterocycles. The Labute approximate surface area is 415 Å². The van der Waals surface area contributed by atoms with Gasteiger partial charge in [-0.05, 0) is 63.8 Å². The summed E-state index contributed by atoms with van der Waals surface area (Å²) in [6, 6.07) is 0. The molecule has 0 aromatic rings. The van der Waals surface area contributed by atoms with E-state index in [0.717, 1.165) is 122 Å². The number of carbonyl (C=O) groups excluding carboxylic acids is 2. The smallest absolute Gasteiger partial charge is 0.252 e. The van der Waals surface area contributed by atoms with Crippen molar-refractivity contribution in [1.29, 1.82) is 0 Å². The molecule has 0 bridgehead atoms. The molecule has 0 spiro atoms. The predicted octanol–water partition coefficient (Wildman–Crippen LogP) is 7.17. The van der Waals surface area contributed by atoms with Crippen molar-refractivity contribution < 1.29 is 34.8 Å². The fraction of sp³-hybridized carbons (Fsp3) is 0.962. The number of nitrogens with two attached hydrogens (primary N) is 2. The summed E-state index contributed by atoms with van der Waals surface area (Å²) in [4.78, 5) is 24.7. The minimum absolute atomic E-state index is 0.0107. The fourth-order valence-corrected chi connectivity index (χ4v) is 9.19. The van der Waals surface area contributed by atoms with Crippen LogP contribution in [0.25, 0.3) is 0 Å². The van der Waals surface area contributed by atoms with Gasteiger partial charge in [-0.2, -0.15) is 0 Å². The van der Waals surface area contributed by atoms with Crippen LogP contribution in [-0.2, 0) is 14.3 Å². The van der Waals surface area contributed by atoms with Crippen molar-refractivity contribution in [3.63, 3.8) is 0 Å². The Balaban J connectivity index is 1.97. The molecule has 1 aliphatic rings. The van der Waals surface area contributed by atoms with E-state index in [1.807, 2.05) is 0 Å². The highest BCUT2D eigenvalue weighted by Crippen LogP contribution is 2.21. The zero-order valence-electron chi connectivity index (χ0n) is 44.1. The maximum atomic E-state index is 12.5. The normalized spacial score (nSPS) is 20.8. The molecule has 1 aliphatic heterocycles. The second kappa shape index (κ2) is 44.2. The molecule has 0 aromatic heterocycles. The van der Waals surface area contributed by atoms with Crippen LogP contribution in [0.2, 0.25) is 0 Å². The average Bonchev–Trinajstić information content (AvgIpc) is 3.32. The van der Waals surface area contributed by atoms with Gasteiger partial charge < -0.3 is 57.9 Å². The van der Waals surface area contributed by atoms with E-state index in [1.54, 1.807) is 0 Å². The second-order valence-electron chi connectivity index (χ2n) is 20.1. The number of ether oxygens (including phenoxy) is 1. The SMILES string of the molecule is CCCNC(CCC)NC(N)C(CCCCCCNC(=O)CCCCCCCCCCCCCCCCCCCCCCCNC(=O)C1OC(O)C(O)C(O)C1O)CNC(CCC)NC(N)CC. The largest absolute Gasteiger partial charge is 0.387 e. The molecule has 10 atom stereocenters. The highest BCUT2D eigenvalue weighted by molar-refractivity contribution is 5.81. The minimum Gasteiger partial charge on any atom is -0.387 e. The molecule has 1 rings (SSSR count). The van der Waals surface area contributed by atoms with E-state index in [0.29, 0.717) is 18.9 Å². The van der Waals surface area contributed by atoms with Crippen LogP contribution in [0.5, 0.6) is 0 Å². The van der Waals surface area contributed by atoms with Crippen LogP contribution < -0.4 is 43.4 Å². The van der Waals surface area contributed by atoms with Crippen LogP contribution in [0.1, 0.15) is 240 Å². The van der Waals surface area contributed by atoms with Crippen molar-refractivity contribution in [2.75, 3.05) is 26.2 Å². The van der Waals surface area contributed by atoms with Gasteiger partial charge in [-0.15, -0.1) is 0 Å². The zero-order valence-corrected chi connectivity index (χ0v) is 44.1. The van der Waals surface area contributed by atoms with Gasteiger partial charge in [0, 0.05) is 26.1 Å². The highest BCUT2D eigenvalue weighted by atomic mass is 16.6. The maximum Gasteiger partial charge on any atom is 0.252 e. The number of hydrogen-bond donors (Lipinski definition) is 12. The first-order valence-electron chi connectivity index (χ1n) is 28.4. The summed E-state index contributed by atoms with van der Waals surface area (Å²) in [5.41, 5.74) is 13.1. The Morgan fingerprint density at radius 1 is 0.500 bits per heavy atom. The van der Waals surface area contributed by atoms with Gasteiger partial charge >= 0.3 is 0 Å². The van der Waals surface area contributed by atoms with E-state index in [1.165, 1.54) is 103 Å². The van der Waals surface area contributed by atoms with Crippen molar-refractivity contribution in [1.82, 2.24) is 31.9 Å². The van der Waals surface area contributed by atoms with E-state index in [4.69, 9.17) is 16.2 Å². The van der Waals surface area contributed by atoms with Gasteiger partial charge in [-0.3, -0.25) is 20.2 Å². The molecule has 404 valence electrons. The third kappa shape index (κ3) is 33.2. The fourth-order valence-electron chi connectivity index (χ4n) is 9.19. The van der Waals surface area contributed by atoms with Gasteiger partial charge in [0.05, 0.1) is 24.7 Å². The van der Waals surface area contributed by atoms with E-state index >= 15 is 0 Å². The lowest BCUT2D eigenvalue weighted by atomic mass is 9.97. The monoisotopic (exact) mass is 971 g/mol. The molecule has 68 heavy (non-hydrogen) atoms. The third-order valence-electron chi connectivity index (χ3n) is 13.7. The number of aliphatic hydroxyl groups excluding tert-OH is 4. The van der Waals surface area contributed by atoms with Gasteiger partial charge in [0.25, 0.3) is 5.91 Å². The van der Waals surface area contributed by atoms with Crippen molar-refractivity contribution in [2.24, 2.45) is 17.4 Å². The molecule has 2 amide bonds. The van der Waals surface area contributed by atoms with Crippen molar-refractivity contribution in [2.45, 2.75) is 295 Å². The number of unbranched alkanes of at least 4 members (excludes halogenated alkanes) is 23. The lowest BCUT2D eigenvalue weighted by Gasteiger charge is -2.37. The Kier molecular flexibility index (Phi) is 42.0. The summed E-state index contributed by atoms with van der Waals surface area (Å²) in [5.74, 6) is -0.0784. The number of amides is 2. The number of aliphatic hydroxyl groups is 4. The van der Waals surface area contributed by atoms with Crippen LogP contribution >= 0.6 is 0 Å². The number of hydrogen-bond acceptors (Lipinski definition) is 13. The van der Waals surface area contributed by atoms with Gasteiger partial charge in [0.1, 0.15) is 18.3 Å². The summed E-state index contributed by atoms with van der Waals surface area (Å²) >= 11 is 0. The predicted molar refractivity (Wildman–Crippen MR) is 279 cm³/mol. The van der Waals surface area contributed by atoms with Crippen molar-refractivity contribution in [3.8, 4) is 0 Å². The van der Waals surface area contributed by atoms with E-state index < -0.39 is 36.6 Å².